The molecule has 0 aromatic carbocycles. The highest BCUT2D eigenvalue weighted by Gasteiger charge is 2.23. The summed E-state index contributed by atoms with van der Waals surface area (Å²) in [7, 11) is 1.58. The molecule has 1 N–H and O–H groups in total. The van der Waals surface area contributed by atoms with E-state index in [9.17, 15) is 0 Å². The van der Waals surface area contributed by atoms with Crippen LogP contribution in [0, 0.1) is 0 Å². The molecule has 1 saturated heterocycles. The summed E-state index contributed by atoms with van der Waals surface area (Å²) in [5.74, 6) is 0.450. The lowest BCUT2D eigenvalue weighted by Gasteiger charge is -2.32. The minimum Gasteiger partial charge on any atom is -0.467 e. The molecule has 4 heterocycles. The summed E-state index contributed by atoms with van der Waals surface area (Å²) in [6.07, 6.45) is 7.82. The summed E-state index contributed by atoms with van der Waals surface area (Å²) in [4.78, 5) is 15.5. The van der Waals surface area contributed by atoms with Crippen LogP contribution in [0.5, 0.6) is 6.01 Å². The molecule has 124 valence electrons. The van der Waals surface area contributed by atoms with Crippen molar-refractivity contribution in [3.05, 3.63) is 42.0 Å². The summed E-state index contributed by atoms with van der Waals surface area (Å²) in [5, 5.41) is 8.07. The zero-order chi connectivity index (χ0) is 16.4. The first-order chi connectivity index (χ1) is 11.8. The second-order valence-electron chi connectivity index (χ2n) is 6.20. The number of rotatable bonds is 4. The van der Waals surface area contributed by atoms with Gasteiger partial charge < -0.3 is 4.74 Å². The van der Waals surface area contributed by atoms with Gasteiger partial charge in [0.1, 0.15) is 0 Å². The van der Waals surface area contributed by atoms with Crippen molar-refractivity contribution < 1.29 is 4.74 Å². The molecule has 3 aromatic rings. The molecular formula is C17H20N6O. The van der Waals surface area contributed by atoms with Crippen LogP contribution < -0.4 is 4.74 Å². The van der Waals surface area contributed by atoms with E-state index in [1.165, 1.54) is 12.8 Å². The standard InChI is InChI=1S/C17H20N6O/c1-24-17-18-7-12(8-19-17)10-23-6-2-3-14(11-23)15-5-4-13-9-20-22-16(13)21-15/h4-5,7-9,14H,2-3,6,10-11H2,1H3,(H,20,21,22)/t14-/m0/s1. The summed E-state index contributed by atoms with van der Waals surface area (Å²) in [6.45, 7) is 2.94. The van der Waals surface area contributed by atoms with E-state index in [0.29, 0.717) is 11.9 Å². The van der Waals surface area contributed by atoms with Gasteiger partial charge in [0.25, 0.3) is 0 Å². The normalized spacial score (nSPS) is 18.8. The number of aromatic nitrogens is 5. The predicted octanol–water partition coefficient (Wildman–Crippen LogP) is 2.14. The molecule has 7 nitrogen and oxygen atoms in total. The number of nitrogens with one attached hydrogen (secondary N) is 1. The maximum atomic E-state index is 5.01. The van der Waals surface area contributed by atoms with Crippen molar-refractivity contribution in [2.75, 3.05) is 20.2 Å². The highest BCUT2D eigenvalue weighted by Crippen LogP contribution is 2.27. The summed E-state index contributed by atoms with van der Waals surface area (Å²) in [6, 6.07) is 4.63. The van der Waals surface area contributed by atoms with Gasteiger partial charge in [-0.25, -0.2) is 15.0 Å². The quantitative estimate of drug-likeness (QED) is 0.792. The first kappa shape index (κ1) is 15.0. The van der Waals surface area contributed by atoms with E-state index in [1.807, 2.05) is 18.6 Å². The Kier molecular flexibility index (Phi) is 4.08. The number of ether oxygens (including phenoxy) is 1. The molecule has 0 saturated carbocycles. The predicted molar refractivity (Wildman–Crippen MR) is 89.7 cm³/mol. The largest absolute Gasteiger partial charge is 0.467 e. The maximum absolute atomic E-state index is 5.01. The van der Waals surface area contributed by atoms with E-state index in [1.54, 1.807) is 7.11 Å². The molecule has 0 amide bonds. The third-order valence-electron chi connectivity index (χ3n) is 4.52. The minimum absolute atomic E-state index is 0.410. The highest BCUT2D eigenvalue weighted by atomic mass is 16.5. The third-order valence-corrected chi connectivity index (χ3v) is 4.52. The van der Waals surface area contributed by atoms with E-state index < -0.39 is 0 Å². The summed E-state index contributed by atoms with van der Waals surface area (Å²) < 4.78 is 5.01. The molecule has 1 atom stereocenters. The molecular weight excluding hydrogens is 304 g/mol. The third kappa shape index (κ3) is 3.07. The molecule has 1 aliphatic rings. The summed E-state index contributed by atoms with van der Waals surface area (Å²) in [5.41, 5.74) is 3.11. The van der Waals surface area contributed by atoms with Gasteiger partial charge in [0.05, 0.1) is 13.3 Å². The Bertz CT molecular complexity index is 815. The van der Waals surface area contributed by atoms with Crippen LogP contribution in [-0.4, -0.2) is 50.2 Å². The Balaban J connectivity index is 1.46. The molecule has 0 spiro atoms. The van der Waals surface area contributed by atoms with Crippen LogP contribution in [-0.2, 0) is 6.54 Å². The number of aromatic amines is 1. The number of hydrogen-bond acceptors (Lipinski definition) is 6. The lowest BCUT2D eigenvalue weighted by atomic mass is 9.94. The fourth-order valence-electron chi connectivity index (χ4n) is 3.30. The molecule has 0 bridgehead atoms. The topological polar surface area (TPSA) is 79.8 Å². The number of hydrogen-bond donors (Lipinski definition) is 1. The molecule has 0 radical (unpaired) electrons. The van der Waals surface area contributed by atoms with E-state index in [4.69, 9.17) is 9.72 Å². The van der Waals surface area contributed by atoms with Crippen molar-refractivity contribution in [2.45, 2.75) is 25.3 Å². The monoisotopic (exact) mass is 324 g/mol. The van der Waals surface area contributed by atoms with Gasteiger partial charge in [-0.3, -0.25) is 10.00 Å². The number of H-pyrrole nitrogens is 1. The zero-order valence-electron chi connectivity index (χ0n) is 13.6. The number of nitrogens with zero attached hydrogens (tertiary/aromatic N) is 5. The van der Waals surface area contributed by atoms with Gasteiger partial charge in [0.15, 0.2) is 5.65 Å². The second kappa shape index (κ2) is 6.52. The van der Waals surface area contributed by atoms with E-state index in [-0.39, 0.29) is 0 Å². The van der Waals surface area contributed by atoms with Gasteiger partial charge in [0, 0.05) is 48.0 Å². The van der Waals surface area contributed by atoms with Crippen molar-refractivity contribution >= 4 is 11.0 Å². The molecule has 24 heavy (non-hydrogen) atoms. The van der Waals surface area contributed by atoms with Crippen molar-refractivity contribution in [2.24, 2.45) is 0 Å². The van der Waals surface area contributed by atoms with Crippen LogP contribution in [0.25, 0.3) is 11.0 Å². The number of piperidine rings is 1. The average Bonchev–Trinajstić information content (AvgIpc) is 3.10. The van der Waals surface area contributed by atoms with Gasteiger partial charge >= 0.3 is 6.01 Å². The summed E-state index contributed by atoms with van der Waals surface area (Å²) >= 11 is 0. The first-order valence-corrected chi connectivity index (χ1v) is 8.19. The molecule has 1 fully saturated rings. The van der Waals surface area contributed by atoms with E-state index in [2.05, 4.69) is 37.2 Å². The number of pyridine rings is 1. The fraction of sp³-hybridized carbons (Fsp3) is 0.412. The molecule has 1 aliphatic heterocycles. The van der Waals surface area contributed by atoms with Crippen molar-refractivity contribution in [3.63, 3.8) is 0 Å². The van der Waals surface area contributed by atoms with Gasteiger partial charge in [-0.1, -0.05) is 0 Å². The Morgan fingerprint density at radius 2 is 2.12 bits per heavy atom. The lowest BCUT2D eigenvalue weighted by Crippen LogP contribution is -2.34. The van der Waals surface area contributed by atoms with Gasteiger partial charge in [-0.15, -0.1) is 0 Å². The average molecular weight is 324 g/mol. The molecule has 4 rings (SSSR count). The fourth-order valence-corrected chi connectivity index (χ4v) is 3.30. The SMILES string of the molecule is COc1ncc(CN2CCC[C@H](c3ccc4cn[nH]c4n3)C2)cn1. The van der Waals surface area contributed by atoms with Crippen LogP contribution in [0.15, 0.2) is 30.7 Å². The number of methoxy groups -OCH3 is 1. The number of fused-ring (bicyclic) bond motifs is 1. The van der Waals surface area contributed by atoms with Crippen LogP contribution in [0.4, 0.5) is 0 Å². The molecule has 0 aliphatic carbocycles. The smallest absolute Gasteiger partial charge is 0.316 e. The Hall–Kier alpha value is -2.54. The Morgan fingerprint density at radius 3 is 2.96 bits per heavy atom. The van der Waals surface area contributed by atoms with Crippen molar-refractivity contribution in [1.29, 1.82) is 0 Å². The Labute approximate surface area is 140 Å². The minimum atomic E-state index is 0.410. The van der Waals surface area contributed by atoms with Gasteiger partial charge in [-0.05, 0) is 31.5 Å². The molecule has 0 unspecified atom stereocenters. The van der Waals surface area contributed by atoms with E-state index >= 15 is 0 Å². The second-order valence-corrected chi connectivity index (χ2v) is 6.20. The molecule has 3 aromatic heterocycles. The first-order valence-electron chi connectivity index (χ1n) is 8.19. The number of likely N-dealkylation sites (tertiary alicyclic amines) is 1. The van der Waals surface area contributed by atoms with Crippen molar-refractivity contribution in [1.82, 2.24) is 30.0 Å². The van der Waals surface area contributed by atoms with Gasteiger partial charge in [-0.2, -0.15) is 5.10 Å². The Morgan fingerprint density at radius 1 is 1.25 bits per heavy atom. The van der Waals surface area contributed by atoms with Crippen LogP contribution in [0.3, 0.4) is 0 Å². The van der Waals surface area contributed by atoms with Crippen LogP contribution in [0.2, 0.25) is 0 Å². The van der Waals surface area contributed by atoms with Crippen molar-refractivity contribution in [3.8, 4) is 6.01 Å². The van der Waals surface area contributed by atoms with Crippen LogP contribution >= 0.6 is 0 Å². The van der Waals surface area contributed by atoms with Gasteiger partial charge in [0.2, 0.25) is 0 Å². The maximum Gasteiger partial charge on any atom is 0.316 e. The highest BCUT2D eigenvalue weighted by molar-refractivity contribution is 5.73. The molecule has 7 heteroatoms. The van der Waals surface area contributed by atoms with E-state index in [0.717, 1.165) is 41.9 Å². The lowest BCUT2D eigenvalue weighted by molar-refractivity contribution is 0.198. The van der Waals surface area contributed by atoms with Crippen LogP contribution in [0.1, 0.15) is 30.0 Å². The zero-order valence-corrected chi connectivity index (χ0v) is 13.6.